The van der Waals surface area contributed by atoms with Gasteiger partial charge in [0.1, 0.15) is 5.69 Å². The molecule has 5 N–H and O–H groups in total. The van der Waals surface area contributed by atoms with E-state index in [0.29, 0.717) is 59.8 Å². The molecule has 2 aromatic carbocycles. The third kappa shape index (κ3) is 7.69. The van der Waals surface area contributed by atoms with Crippen molar-refractivity contribution in [1.82, 2.24) is 29.7 Å². The van der Waals surface area contributed by atoms with Gasteiger partial charge in [0.15, 0.2) is 0 Å². The molecule has 1 saturated heterocycles. The number of rotatable bonds is 6. The molecule has 0 atom stereocenters. The second-order valence-corrected chi connectivity index (χ2v) is 11.9. The van der Waals surface area contributed by atoms with Gasteiger partial charge in [-0.3, -0.25) is 9.69 Å². The standard InChI is InChI=1S/C35H36F3N9O2/c1-3-46-13-15-47(16-14-46)21-24-18-26(9-10-28(24)35(36,37)38)43-34(49)42-25-6-4-5-22(17-25)7-8-23-20-41-33(39)44-31(23)30-19-27-29(45(30)2)11-12-40-32(27)48/h4-6,9-10,17-20H,3,11-16,21H2,1-2H3,(H,40,48)(H2,39,41,44)(H2,42,43,49). The van der Waals surface area contributed by atoms with E-state index in [-0.39, 0.29) is 29.7 Å². The van der Waals surface area contributed by atoms with E-state index in [0.717, 1.165) is 31.4 Å². The average Bonchev–Trinajstić information content (AvgIpc) is 3.41. The fraction of sp³-hybridized carbons (Fsp3) is 0.314. The zero-order valence-electron chi connectivity index (χ0n) is 27.1. The van der Waals surface area contributed by atoms with Crippen molar-refractivity contribution in [2.45, 2.75) is 26.1 Å². The predicted molar refractivity (Wildman–Crippen MR) is 181 cm³/mol. The maximum atomic E-state index is 13.9. The van der Waals surface area contributed by atoms with E-state index in [4.69, 9.17) is 5.73 Å². The number of hydrogen-bond donors (Lipinski definition) is 4. The van der Waals surface area contributed by atoms with Gasteiger partial charge in [0, 0.05) is 81.6 Å². The van der Waals surface area contributed by atoms with Gasteiger partial charge < -0.3 is 31.2 Å². The second kappa shape index (κ2) is 14.0. The van der Waals surface area contributed by atoms with Gasteiger partial charge in [-0.15, -0.1) is 0 Å². The molecule has 11 nitrogen and oxygen atoms in total. The molecule has 2 aliphatic rings. The number of alkyl halides is 3. The lowest BCUT2D eigenvalue weighted by atomic mass is 10.0. The van der Waals surface area contributed by atoms with Gasteiger partial charge in [-0.05, 0) is 54.6 Å². The van der Waals surface area contributed by atoms with Crippen LogP contribution in [0.4, 0.5) is 35.3 Å². The average molecular weight is 672 g/mol. The minimum atomic E-state index is -4.51. The number of carbonyl (C=O) groups excluding carboxylic acids is 2. The molecule has 0 bridgehead atoms. The molecule has 0 saturated carbocycles. The van der Waals surface area contributed by atoms with Gasteiger partial charge in [-0.2, -0.15) is 13.2 Å². The number of carbonyl (C=O) groups is 2. The number of halogens is 3. The van der Waals surface area contributed by atoms with Crippen LogP contribution in [0.15, 0.2) is 54.7 Å². The smallest absolute Gasteiger partial charge is 0.368 e. The van der Waals surface area contributed by atoms with Gasteiger partial charge in [0.2, 0.25) is 5.95 Å². The number of aromatic nitrogens is 3. The van der Waals surface area contributed by atoms with Crippen molar-refractivity contribution < 1.29 is 22.8 Å². The Morgan fingerprint density at radius 3 is 2.47 bits per heavy atom. The number of nitrogen functional groups attached to an aromatic ring is 1. The van der Waals surface area contributed by atoms with Gasteiger partial charge in [-0.25, -0.2) is 14.8 Å². The first-order valence-electron chi connectivity index (χ1n) is 15.9. The molecule has 0 unspecified atom stereocenters. The van der Waals surface area contributed by atoms with Crippen molar-refractivity contribution in [3.8, 4) is 23.2 Å². The van der Waals surface area contributed by atoms with E-state index in [1.807, 2.05) is 16.5 Å². The fourth-order valence-electron chi connectivity index (χ4n) is 6.13. The summed E-state index contributed by atoms with van der Waals surface area (Å²) in [6.07, 6.45) is -2.31. The quantitative estimate of drug-likeness (QED) is 0.221. The largest absolute Gasteiger partial charge is 0.416 e. The van der Waals surface area contributed by atoms with Crippen molar-refractivity contribution in [3.05, 3.63) is 88.2 Å². The Labute approximate surface area is 281 Å². The molecule has 3 amide bonds. The minimum absolute atomic E-state index is 0.0661. The first kappa shape index (κ1) is 33.5. The lowest BCUT2D eigenvalue weighted by molar-refractivity contribution is -0.138. The molecule has 4 aromatic rings. The molecule has 2 aliphatic heterocycles. The molecule has 0 aliphatic carbocycles. The van der Waals surface area contributed by atoms with Crippen LogP contribution in [0.25, 0.3) is 11.4 Å². The zero-order valence-corrected chi connectivity index (χ0v) is 27.1. The molecule has 14 heteroatoms. The molecule has 0 spiro atoms. The van der Waals surface area contributed by atoms with Crippen molar-refractivity contribution in [1.29, 1.82) is 0 Å². The summed E-state index contributed by atoms with van der Waals surface area (Å²) >= 11 is 0. The number of nitrogens with one attached hydrogen (secondary N) is 3. The van der Waals surface area contributed by atoms with Gasteiger partial charge in [0.05, 0.1) is 22.4 Å². The van der Waals surface area contributed by atoms with Crippen LogP contribution in [0.2, 0.25) is 0 Å². The lowest BCUT2D eigenvalue weighted by Gasteiger charge is -2.34. The topological polar surface area (TPSA) is 133 Å². The van der Waals surface area contributed by atoms with Crippen LogP contribution in [0.3, 0.4) is 0 Å². The monoisotopic (exact) mass is 671 g/mol. The number of amides is 3. The molecular weight excluding hydrogens is 635 g/mol. The van der Waals surface area contributed by atoms with E-state index in [1.54, 1.807) is 30.3 Å². The second-order valence-electron chi connectivity index (χ2n) is 11.9. The summed E-state index contributed by atoms with van der Waals surface area (Å²) in [7, 11) is 1.86. The molecule has 1 fully saturated rings. The molecule has 0 radical (unpaired) electrons. The first-order chi connectivity index (χ1) is 23.5. The van der Waals surface area contributed by atoms with Gasteiger partial charge in [-0.1, -0.05) is 24.8 Å². The number of likely N-dealkylation sites (N-methyl/N-ethyl adjacent to an activating group) is 1. The minimum Gasteiger partial charge on any atom is -0.368 e. The van der Waals surface area contributed by atoms with E-state index in [2.05, 4.69) is 49.6 Å². The van der Waals surface area contributed by atoms with Crippen LogP contribution in [-0.2, 0) is 26.2 Å². The Bertz CT molecular complexity index is 1950. The third-order valence-corrected chi connectivity index (χ3v) is 8.74. The lowest BCUT2D eigenvalue weighted by Crippen LogP contribution is -2.45. The van der Waals surface area contributed by atoms with E-state index < -0.39 is 17.8 Å². The maximum Gasteiger partial charge on any atom is 0.416 e. The number of fused-ring (bicyclic) bond motifs is 1. The highest BCUT2D eigenvalue weighted by Gasteiger charge is 2.34. The molecule has 49 heavy (non-hydrogen) atoms. The SMILES string of the molecule is CCN1CCN(Cc2cc(NC(=O)Nc3cccc(C#Cc4cnc(N)nc4-c4cc5c(n4C)CCNC5=O)c3)ccc2C(F)(F)F)CC1. The molecule has 2 aromatic heterocycles. The van der Waals surface area contributed by atoms with Crippen LogP contribution in [0.1, 0.15) is 45.2 Å². The summed E-state index contributed by atoms with van der Waals surface area (Å²) in [6, 6.07) is 11.6. The number of nitrogens with two attached hydrogens (primary N) is 1. The van der Waals surface area contributed by atoms with Crippen LogP contribution >= 0.6 is 0 Å². The number of nitrogens with zero attached hydrogens (tertiary/aromatic N) is 5. The number of urea groups is 1. The highest BCUT2D eigenvalue weighted by atomic mass is 19.4. The molecule has 254 valence electrons. The Balaban J connectivity index is 1.17. The Hall–Kier alpha value is -5.39. The highest BCUT2D eigenvalue weighted by Crippen LogP contribution is 2.34. The van der Waals surface area contributed by atoms with Crippen LogP contribution in [0, 0.1) is 11.8 Å². The summed E-state index contributed by atoms with van der Waals surface area (Å²) in [6.45, 7) is 6.58. The summed E-state index contributed by atoms with van der Waals surface area (Å²) in [5.74, 6) is 6.08. The molecule has 6 rings (SSSR count). The molecule has 4 heterocycles. The zero-order chi connectivity index (χ0) is 34.7. The van der Waals surface area contributed by atoms with Gasteiger partial charge in [0.25, 0.3) is 5.91 Å². The highest BCUT2D eigenvalue weighted by molar-refractivity contribution is 6.00. The fourth-order valence-corrected chi connectivity index (χ4v) is 6.13. The predicted octanol–water partition coefficient (Wildman–Crippen LogP) is 4.55. The number of hydrogen-bond acceptors (Lipinski definition) is 7. The van der Waals surface area contributed by atoms with Gasteiger partial charge >= 0.3 is 12.2 Å². The van der Waals surface area contributed by atoms with E-state index in [9.17, 15) is 22.8 Å². The van der Waals surface area contributed by atoms with E-state index in [1.165, 1.54) is 18.3 Å². The van der Waals surface area contributed by atoms with Crippen molar-refractivity contribution in [3.63, 3.8) is 0 Å². The Morgan fingerprint density at radius 1 is 1.02 bits per heavy atom. The van der Waals surface area contributed by atoms with Crippen LogP contribution < -0.4 is 21.7 Å². The van der Waals surface area contributed by atoms with E-state index >= 15 is 0 Å². The van der Waals surface area contributed by atoms with Crippen LogP contribution in [0.5, 0.6) is 0 Å². The summed E-state index contributed by atoms with van der Waals surface area (Å²) < 4.78 is 43.5. The van der Waals surface area contributed by atoms with Crippen LogP contribution in [-0.4, -0.2) is 75.5 Å². The summed E-state index contributed by atoms with van der Waals surface area (Å²) in [4.78, 5) is 38.2. The number of anilines is 3. The summed E-state index contributed by atoms with van der Waals surface area (Å²) in [5.41, 5.74) is 9.70. The van der Waals surface area contributed by atoms with Crippen molar-refractivity contribution in [2.75, 3.05) is 55.6 Å². The normalized spacial score (nSPS) is 15.2. The Morgan fingerprint density at radius 2 is 1.76 bits per heavy atom. The van der Waals surface area contributed by atoms with Crippen molar-refractivity contribution >= 4 is 29.3 Å². The number of piperazine rings is 1. The molecular formula is C35H36F3N9O2. The van der Waals surface area contributed by atoms with Crippen molar-refractivity contribution in [2.24, 2.45) is 7.05 Å². The first-order valence-corrected chi connectivity index (χ1v) is 15.9. The number of benzene rings is 2. The summed E-state index contributed by atoms with van der Waals surface area (Å²) in [5, 5.41) is 8.24. The Kier molecular flexibility index (Phi) is 9.57. The third-order valence-electron chi connectivity index (χ3n) is 8.74. The maximum absolute atomic E-state index is 13.9.